The number of hydrogen-bond donors (Lipinski definition) is 0. The van der Waals surface area contributed by atoms with E-state index in [0.29, 0.717) is 13.0 Å². The maximum absolute atomic E-state index is 11.6. The summed E-state index contributed by atoms with van der Waals surface area (Å²) in [5.41, 5.74) is 4.67. The molecule has 0 N–H and O–H groups in total. The lowest BCUT2D eigenvalue weighted by molar-refractivity contribution is -0.0298. The number of benzene rings is 2. The lowest BCUT2D eigenvalue weighted by Crippen LogP contribution is -2.48. The van der Waals surface area contributed by atoms with Crippen LogP contribution in [-0.2, 0) is 27.3 Å². The van der Waals surface area contributed by atoms with E-state index in [0.717, 1.165) is 52.0 Å². The Bertz CT molecular complexity index is 998. The molecule has 0 saturated heterocycles. The van der Waals surface area contributed by atoms with Gasteiger partial charge in [-0.15, -0.1) is 0 Å². The van der Waals surface area contributed by atoms with E-state index in [4.69, 9.17) is 13.7 Å². The molecule has 1 aliphatic heterocycles. The molecule has 1 aliphatic rings. The summed E-state index contributed by atoms with van der Waals surface area (Å²) in [5.74, 6) is 1.72. The van der Waals surface area contributed by atoms with Gasteiger partial charge in [0.05, 0.1) is 6.26 Å². The van der Waals surface area contributed by atoms with Crippen molar-refractivity contribution in [3.05, 3.63) is 58.1 Å². The highest BCUT2D eigenvalue weighted by Crippen LogP contribution is 2.45. The Kier molecular flexibility index (Phi) is 5.97. The molecule has 2 unspecified atom stereocenters. The van der Waals surface area contributed by atoms with Gasteiger partial charge in [0, 0.05) is 5.56 Å². The van der Waals surface area contributed by atoms with E-state index in [-0.39, 0.29) is 0 Å². The first-order chi connectivity index (χ1) is 13.5. The van der Waals surface area contributed by atoms with Crippen LogP contribution in [0, 0.1) is 20.8 Å². The van der Waals surface area contributed by atoms with Gasteiger partial charge in [0.25, 0.3) is 10.1 Å². The molecular weight excluding hydrogens is 388 g/mol. The molecule has 1 heterocycles. The molecule has 0 fully saturated rings. The van der Waals surface area contributed by atoms with Crippen molar-refractivity contribution < 1.29 is 22.1 Å². The van der Waals surface area contributed by atoms with Crippen LogP contribution in [0.2, 0.25) is 0 Å². The second-order valence-corrected chi connectivity index (χ2v) is 9.74. The Labute approximate surface area is 174 Å². The van der Waals surface area contributed by atoms with Crippen LogP contribution in [-0.4, -0.2) is 26.4 Å². The Hall–Kier alpha value is -2.05. The number of hydrogen-bond acceptors (Lipinski definition) is 5. The minimum atomic E-state index is -3.56. The van der Waals surface area contributed by atoms with Crippen LogP contribution in [0.4, 0.5) is 0 Å². The van der Waals surface area contributed by atoms with E-state index in [1.807, 2.05) is 51.1 Å². The standard InChI is InChI=1S/C23H30O5S/c1-15-16(2)22-20(12-13-23(5,27-22)18(4)28-29(6,24)25)17(3)21(15)26-14-19-10-8-7-9-11-19/h7-11,18H,12-14H2,1-6H3. The molecule has 5 nitrogen and oxygen atoms in total. The van der Waals surface area contributed by atoms with Gasteiger partial charge in [0.1, 0.15) is 29.8 Å². The van der Waals surface area contributed by atoms with Crippen molar-refractivity contribution >= 4 is 10.1 Å². The van der Waals surface area contributed by atoms with Crippen LogP contribution in [0.25, 0.3) is 0 Å². The lowest BCUT2D eigenvalue weighted by Gasteiger charge is -2.41. The van der Waals surface area contributed by atoms with Gasteiger partial charge < -0.3 is 9.47 Å². The molecule has 29 heavy (non-hydrogen) atoms. The summed E-state index contributed by atoms with van der Waals surface area (Å²) >= 11 is 0. The number of rotatable bonds is 6. The zero-order chi connectivity index (χ0) is 21.4. The summed E-state index contributed by atoms with van der Waals surface area (Å²) in [6, 6.07) is 10.1. The van der Waals surface area contributed by atoms with Gasteiger partial charge in [0.15, 0.2) is 0 Å². The highest BCUT2D eigenvalue weighted by atomic mass is 32.2. The van der Waals surface area contributed by atoms with Crippen LogP contribution in [0.3, 0.4) is 0 Å². The normalized spacial score (nSPS) is 19.9. The lowest BCUT2D eigenvalue weighted by atomic mass is 9.85. The van der Waals surface area contributed by atoms with Crippen molar-refractivity contribution in [3.8, 4) is 11.5 Å². The number of ether oxygens (including phenoxy) is 2. The summed E-state index contributed by atoms with van der Waals surface area (Å²) in [6.45, 7) is 10.3. The topological polar surface area (TPSA) is 61.8 Å². The van der Waals surface area contributed by atoms with Crippen LogP contribution in [0.1, 0.15) is 48.1 Å². The highest BCUT2D eigenvalue weighted by Gasteiger charge is 2.41. The molecule has 0 aliphatic carbocycles. The van der Waals surface area contributed by atoms with Gasteiger partial charge in [-0.2, -0.15) is 8.42 Å². The number of fused-ring (bicyclic) bond motifs is 1. The van der Waals surface area contributed by atoms with Gasteiger partial charge in [-0.3, -0.25) is 4.18 Å². The fourth-order valence-corrected chi connectivity index (χ4v) is 4.58. The summed E-state index contributed by atoms with van der Waals surface area (Å²) < 4.78 is 41.0. The van der Waals surface area contributed by atoms with E-state index >= 15 is 0 Å². The Morgan fingerprint density at radius 1 is 1.10 bits per heavy atom. The predicted octanol–water partition coefficient (Wildman–Crippen LogP) is 4.64. The summed E-state index contributed by atoms with van der Waals surface area (Å²) in [7, 11) is -3.56. The molecule has 2 aromatic carbocycles. The van der Waals surface area contributed by atoms with E-state index in [9.17, 15) is 8.42 Å². The van der Waals surface area contributed by atoms with Gasteiger partial charge >= 0.3 is 0 Å². The fourth-order valence-electron chi connectivity index (χ4n) is 3.85. The van der Waals surface area contributed by atoms with Crippen molar-refractivity contribution in [1.82, 2.24) is 0 Å². The second-order valence-electron chi connectivity index (χ2n) is 8.14. The molecule has 0 amide bonds. The molecule has 0 saturated carbocycles. The van der Waals surface area contributed by atoms with E-state index in [2.05, 4.69) is 6.92 Å². The minimum absolute atomic E-state index is 0.512. The third-order valence-corrected chi connectivity index (χ3v) is 6.56. The Morgan fingerprint density at radius 3 is 2.38 bits per heavy atom. The van der Waals surface area contributed by atoms with Crippen molar-refractivity contribution in [3.63, 3.8) is 0 Å². The molecule has 0 radical (unpaired) electrons. The predicted molar refractivity (Wildman–Crippen MR) is 114 cm³/mol. The smallest absolute Gasteiger partial charge is 0.264 e. The zero-order valence-electron chi connectivity index (χ0n) is 18.0. The average Bonchev–Trinajstić information content (AvgIpc) is 2.65. The van der Waals surface area contributed by atoms with Crippen LogP contribution >= 0.6 is 0 Å². The third kappa shape index (κ3) is 4.59. The first kappa shape index (κ1) is 21.7. The Balaban J connectivity index is 1.90. The van der Waals surface area contributed by atoms with E-state index in [1.165, 1.54) is 0 Å². The van der Waals surface area contributed by atoms with Gasteiger partial charge in [-0.25, -0.2) is 0 Å². The molecule has 0 bridgehead atoms. The highest BCUT2D eigenvalue weighted by molar-refractivity contribution is 7.86. The summed E-state index contributed by atoms with van der Waals surface area (Å²) in [5, 5.41) is 0. The molecule has 0 spiro atoms. The molecule has 3 rings (SSSR count). The van der Waals surface area contributed by atoms with E-state index in [1.54, 1.807) is 6.92 Å². The fraction of sp³-hybridized carbons (Fsp3) is 0.478. The first-order valence-corrected chi connectivity index (χ1v) is 11.7. The molecule has 2 aromatic rings. The van der Waals surface area contributed by atoms with Crippen molar-refractivity contribution in [2.75, 3.05) is 6.26 Å². The van der Waals surface area contributed by atoms with E-state index < -0.39 is 21.8 Å². The molecule has 158 valence electrons. The quantitative estimate of drug-likeness (QED) is 0.640. The summed E-state index contributed by atoms with van der Waals surface area (Å²) in [4.78, 5) is 0. The molecule has 0 aromatic heterocycles. The maximum atomic E-state index is 11.6. The van der Waals surface area contributed by atoms with Crippen LogP contribution in [0.15, 0.2) is 30.3 Å². The molecule has 6 heteroatoms. The summed E-state index contributed by atoms with van der Waals surface area (Å²) in [6.07, 6.45) is 1.93. The monoisotopic (exact) mass is 418 g/mol. The minimum Gasteiger partial charge on any atom is -0.488 e. The van der Waals surface area contributed by atoms with Crippen LogP contribution < -0.4 is 9.47 Å². The first-order valence-electron chi connectivity index (χ1n) is 9.88. The Morgan fingerprint density at radius 2 is 1.76 bits per heavy atom. The van der Waals surface area contributed by atoms with Crippen LogP contribution in [0.5, 0.6) is 11.5 Å². The zero-order valence-corrected chi connectivity index (χ0v) is 18.9. The van der Waals surface area contributed by atoms with Crippen molar-refractivity contribution in [2.45, 2.75) is 65.8 Å². The largest absolute Gasteiger partial charge is 0.488 e. The maximum Gasteiger partial charge on any atom is 0.264 e. The third-order valence-electron chi connectivity index (χ3n) is 5.92. The van der Waals surface area contributed by atoms with Gasteiger partial charge in [-0.1, -0.05) is 30.3 Å². The SMILES string of the molecule is Cc1c(C)c2c(c(C)c1OCc1ccccc1)CCC(C)(C(C)OS(C)(=O)=O)O2. The molecule has 2 atom stereocenters. The van der Waals surface area contributed by atoms with Crippen molar-refractivity contribution in [1.29, 1.82) is 0 Å². The van der Waals surface area contributed by atoms with Gasteiger partial charge in [0.2, 0.25) is 0 Å². The average molecular weight is 419 g/mol. The second kappa shape index (κ2) is 8.00. The van der Waals surface area contributed by atoms with Crippen molar-refractivity contribution in [2.24, 2.45) is 0 Å². The van der Waals surface area contributed by atoms with Gasteiger partial charge in [-0.05, 0) is 69.7 Å². The molecular formula is C23H30O5S.